The number of ether oxygens (including phenoxy) is 2. The van der Waals surface area contributed by atoms with E-state index in [2.05, 4.69) is 9.97 Å². The van der Waals surface area contributed by atoms with Crippen LogP contribution in [0.1, 0.15) is 53.7 Å². The Morgan fingerprint density at radius 2 is 2.04 bits per heavy atom. The summed E-state index contributed by atoms with van der Waals surface area (Å²) < 4.78 is 10.0. The Labute approximate surface area is 142 Å². The van der Waals surface area contributed by atoms with Crippen LogP contribution in [0.15, 0.2) is 4.79 Å². The Balaban J connectivity index is 2.13. The molecule has 3 rings (SSSR count). The minimum Gasteiger partial charge on any atom is -0.466 e. The molecule has 0 aromatic carbocycles. The number of nitrogens with zero attached hydrogens (tertiary/aromatic N) is 1. The standard InChI is InChI=1S/C16H18N2O5S/c1-3-22-15(20)8-6-5-7-9-10(8)11-13(19)17-12(16(21)23-4-2)18-14(11)24-9/h8H,3-7H2,1-2H3,(H,17,18,19). The third kappa shape index (κ3) is 2.82. The molecule has 0 saturated heterocycles. The second-order valence-corrected chi connectivity index (χ2v) is 6.53. The first-order valence-electron chi connectivity index (χ1n) is 7.96. The minimum absolute atomic E-state index is 0.111. The van der Waals surface area contributed by atoms with Crippen LogP contribution in [0.2, 0.25) is 0 Å². The number of thiophene rings is 1. The van der Waals surface area contributed by atoms with Crippen LogP contribution in [0.25, 0.3) is 10.2 Å². The third-order valence-corrected chi connectivity index (χ3v) is 5.12. The van der Waals surface area contributed by atoms with Crippen molar-refractivity contribution < 1.29 is 19.1 Å². The Bertz CT molecular complexity index is 854. The number of rotatable bonds is 4. The Kier molecular flexibility index (Phi) is 4.66. The van der Waals surface area contributed by atoms with Gasteiger partial charge in [-0.15, -0.1) is 11.3 Å². The van der Waals surface area contributed by atoms with Gasteiger partial charge >= 0.3 is 11.9 Å². The smallest absolute Gasteiger partial charge is 0.374 e. The van der Waals surface area contributed by atoms with E-state index in [0.717, 1.165) is 17.7 Å². The topological polar surface area (TPSA) is 98.4 Å². The van der Waals surface area contributed by atoms with Crippen LogP contribution in [-0.4, -0.2) is 35.1 Å². The molecule has 0 spiro atoms. The second kappa shape index (κ2) is 6.72. The first kappa shape index (κ1) is 16.6. The van der Waals surface area contributed by atoms with Gasteiger partial charge in [0.25, 0.3) is 5.56 Å². The van der Waals surface area contributed by atoms with E-state index in [9.17, 15) is 14.4 Å². The molecular weight excluding hydrogens is 332 g/mol. The molecule has 7 nitrogen and oxygen atoms in total. The van der Waals surface area contributed by atoms with Gasteiger partial charge in [0, 0.05) is 4.88 Å². The molecule has 1 aliphatic carbocycles. The Morgan fingerprint density at radius 1 is 1.29 bits per heavy atom. The number of esters is 2. The molecule has 2 heterocycles. The van der Waals surface area contributed by atoms with Gasteiger partial charge < -0.3 is 14.5 Å². The van der Waals surface area contributed by atoms with Crippen LogP contribution < -0.4 is 5.56 Å². The fourth-order valence-corrected chi connectivity index (χ4v) is 4.29. The van der Waals surface area contributed by atoms with Crippen molar-refractivity contribution in [1.29, 1.82) is 0 Å². The Morgan fingerprint density at radius 3 is 2.75 bits per heavy atom. The number of aryl methyl sites for hydroxylation is 1. The van der Waals surface area contributed by atoms with Crippen LogP contribution in [0.4, 0.5) is 0 Å². The van der Waals surface area contributed by atoms with E-state index in [1.807, 2.05) is 0 Å². The van der Waals surface area contributed by atoms with Gasteiger partial charge in [-0.2, -0.15) is 0 Å². The summed E-state index contributed by atoms with van der Waals surface area (Å²) in [5, 5.41) is 0.390. The third-order valence-electron chi connectivity index (χ3n) is 3.96. The largest absolute Gasteiger partial charge is 0.466 e. The van der Waals surface area contributed by atoms with Crippen molar-refractivity contribution in [3.8, 4) is 0 Å². The van der Waals surface area contributed by atoms with E-state index in [4.69, 9.17) is 9.47 Å². The lowest BCUT2D eigenvalue weighted by Gasteiger charge is -2.20. The van der Waals surface area contributed by atoms with Crippen LogP contribution >= 0.6 is 11.3 Å². The molecule has 2 aromatic heterocycles. The number of carbonyl (C=O) groups is 2. The van der Waals surface area contributed by atoms with Gasteiger partial charge in [0.05, 0.1) is 24.5 Å². The quantitative estimate of drug-likeness (QED) is 0.848. The summed E-state index contributed by atoms with van der Waals surface area (Å²) >= 11 is 1.36. The van der Waals surface area contributed by atoms with Crippen molar-refractivity contribution in [2.75, 3.05) is 13.2 Å². The highest BCUT2D eigenvalue weighted by Crippen LogP contribution is 2.40. The maximum absolute atomic E-state index is 12.5. The molecule has 0 fully saturated rings. The van der Waals surface area contributed by atoms with E-state index in [0.29, 0.717) is 28.8 Å². The van der Waals surface area contributed by atoms with Gasteiger partial charge in [-0.3, -0.25) is 9.59 Å². The number of hydrogen-bond acceptors (Lipinski definition) is 7. The van der Waals surface area contributed by atoms with Gasteiger partial charge in [-0.1, -0.05) is 0 Å². The molecule has 1 N–H and O–H groups in total. The molecule has 1 aliphatic rings. The normalized spacial score (nSPS) is 16.7. The van der Waals surface area contributed by atoms with Gasteiger partial charge in [0.2, 0.25) is 5.82 Å². The summed E-state index contributed by atoms with van der Waals surface area (Å²) in [5.41, 5.74) is 0.292. The summed E-state index contributed by atoms with van der Waals surface area (Å²) in [5.74, 6) is -1.53. The highest BCUT2D eigenvalue weighted by Gasteiger charge is 2.33. The fourth-order valence-electron chi connectivity index (χ4n) is 3.02. The maximum atomic E-state index is 12.5. The number of carbonyl (C=O) groups excluding carboxylic acids is 2. The van der Waals surface area contributed by atoms with Crippen molar-refractivity contribution in [3.05, 3.63) is 26.6 Å². The number of aromatic amines is 1. The van der Waals surface area contributed by atoms with E-state index < -0.39 is 17.4 Å². The highest BCUT2D eigenvalue weighted by molar-refractivity contribution is 7.18. The van der Waals surface area contributed by atoms with Crippen LogP contribution in [0.3, 0.4) is 0 Å². The van der Waals surface area contributed by atoms with E-state index in [1.54, 1.807) is 13.8 Å². The number of aromatic nitrogens is 2. The second-order valence-electron chi connectivity index (χ2n) is 5.45. The molecule has 8 heteroatoms. The molecular formula is C16H18N2O5S. The van der Waals surface area contributed by atoms with Gasteiger partial charge in [0.1, 0.15) is 4.83 Å². The molecule has 1 atom stereocenters. The van der Waals surface area contributed by atoms with Crippen molar-refractivity contribution in [1.82, 2.24) is 9.97 Å². The maximum Gasteiger partial charge on any atom is 0.374 e. The molecule has 0 radical (unpaired) electrons. The zero-order valence-corrected chi connectivity index (χ0v) is 14.3. The van der Waals surface area contributed by atoms with E-state index >= 15 is 0 Å². The fraction of sp³-hybridized carbons (Fsp3) is 0.500. The monoisotopic (exact) mass is 350 g/mol. The Hall–Kier alpha value is -2.22. The molecule has 0 bridgehead atoms. The van der Waals surface area contributed by atoms with Crippen molar-refractivity contribution >= 4 is 33.5 Å². The van der Waals surface area contributed by atoms with Gasteiger partial charge in [0.15, 0.2) is 0 Å². The van der Waals surface area contributed by atoms with Crippen molar-refractivity contribution in [2.45, 2.75) is 39.0 Å². The molecule has 128 valence electrons. The molecule has 0 saturated carbocycles. The van der Waals surface area contributed by atoms with Crippen molar-refractivity contribution in [2.24, 2.45) is 0 Å². The molecule has 0 amide bonds. The number of H-pyrrole nitrogens is 1. The SMILES string of the molecule is CCOC(=O)c1nc2sc3c(c2c(=O)[nH]1)C(C(=O)OCC)CCC3. The molecule has 1 unspecified atom stereocenters. The van der Waals surface area contributed by atoms with Crippen molar-refractivity contribution in [3.63, 3.8) is 0 Å². The van der Waals surface area contributed by atoms with Crippen LogP contribution in [-0.2, 0) is 20.7 Å². The molecule has 2 aromatic rings. The number of hydrogen-bond donors (Lipinski definition) is 1. The predicted molar refractivity (Wildman–Crippen MR) is 88.5 cm³/mol. The average Bonchev–Trinajstić information content (AvgIpc) is 2.94. The minimum atomic E-state index is -0.662. The zero-order valence-electron chi connectivity index (χ0n) is 13.5. The van der Waals surface area contributed by atoms with E-state index in [-0.39, 0.29) is 18.4 Å². The summed E-state index contributed by atoms with van der Waals surface area (Å²) in [6.07, 6.45) is 2.29. The van der Waals surface area contributed by atoms with Gasteiger partial charge in [-0.05, 0) is 38.7 Å². The summed E-state index contributed by atoms with van der Waals surface area (Å²) in [4.78, 5) is 44.7. The molecule has 0 aliphatic heterocycles. The van der Waals surface area contributed by atoms with E-state index in [1.165, 1.54) is 11.3 Å². The van der Waals surface area contributed by atoms with Crippen LogP contribution in [0.5, 0.6) is 0 Å². The lowest BCUT2D eigenvalue weighted by molar-refractivity contribution is -0.145. The first-order valence-corrected chi connectivity index (χ1v) is 8.77. The number of nitrogens with one attached hydrogen (secondary N) is 1. The summed E-state index contributed by atoms with van der Waals surface area (Å²) in [6, 6.07) is 0. The predicted octanol–water partition coefficient (Wildman–Crippen LogP) is 2.14. The zero-order chi connectivity index (χ0) is 17.3. The first-order chi connectivity index (χ1) is 11.6. The highest BCUT2D eigenvalue weighted by atomic mass is 32.1. The lowest BCUT2D eigenvalue weighted by Crippen LogP contribution is -2.23. The lowest BCUT2D eigenvalue weighted by atomic mass is 9.86. The van der Waals surface area contributed by atoms with Crippen LogP contribution in [0, 0.1) is 0 Å². The summed E-state index contributed by atoms with van der Waals surface area (Å²) in [6.45, 7) is 3.94. The molecule has 24 heavy (non-hydrogen) atoms. The number of fused-ring (bicyclic) bond motifs is 3. The summed E-state index contributed by atoms with van der Waals surface area (Å²) in [7, 11) is 0. The van der Waals surface area contributed by atoms with Gasteiger partial charge in [-0.25, -0.2) is 9.78 Å². The average molecular weight is 350 g/mol.